The zero-order valence-corrected chi connectivity index (χ0v) is 14.1. The summed E-state index contributed by atoms with van der Waals surface area (Å²) in [5.74, 6) is 0.194. The Labute approximate surface area is 146 Å². The van der Waals surface area contributed by atoms with Crippen LogP contribution >= 0.6 is 11.6 Å². The smallest absolute Gasteiger partial charge is 0.342 e. The highest BCUT2D eigenvalue weighted by Crippen LogP contribution is 2.23. The Morgan fingerprint density at radius 3 is 2.71 bits per heavy atom. The molecule has 1 heterocycles. The number of hydrogen-bond donors (Lipinski definition) is 1. The fraction of sp³-hybridized carbons (Fsp3) is 0.316. The average Bonchev–Trinajstić information content (AvgIpc) is 2.61. The van der Waals surface area contributed by atoms with Crippen molar-refractivity contribution in [2.75, 3.05) is 13.1 Å². The van der Waals surface area contributed by atoms with Crippen molar-refractivity contribution in [3.05, 3.63) is 64.7 Å². The first-order valence-electron chi connectivity index (χ1n) is 8.10. The zero-order valence-electron chi connectivity index (χ0n) is 13.3. The van der Waals surface area contributed by atoms with E-state index < -0.39 is 0 Å². The van der Waals surface area contributed by atoms with Crippen LogP contribution in [0, 0.1) is 0 Å². The summed E-state index contributed by atoms with van der Waals surface area (Å²) in [7, 11) is 0. The molecule has 2 aromatic rings. The van der Waals surface area contributed by atoms with Crippen LogP contribution < -0.4 is 10.1 Å². The summed E-state index contributed by atoms with van der Waals surface area (Å²) in [6, 6.07) is 14.5. The summed E-state index contributed by atoms with van der Waals surface area (Å²) in [6.45, 7) is 2.05. The second-order valence-electron chi connectivity index (χ2n) is 5.77. The van der Waals surface area contributed by atoms with Crippen molar-refractivity contribution in [1.29, 1.82) is 0 Å². The molecule has 0 saturated carbocycles. The van der Waals surface area contributed by atoms with E-state index in [1.54, 1.807) is 18.2 Å². The van der Waals surface area contributed by atoms with Crippen LogP contribution in [0.15, 0.2) is 48.5 Å². The highest BCUT2D eigenvalue weighted by atomic mass is 35.5. The Balaban J connectivity index is 1.65. The van der Waals surface area contributed by atoms with E-state index in [-0.39, 0.29) is 18.7 Å². The minimum atomic E-state index is -0.389. The lowest BCUT2D eigenvalue weighted by Crippen LogP contribution is -2.34. The van der Waals surface area contributed by atoms with Gasteiger partial charge in [0.15, 0.2) is 0 Å². The highest BCUT2D eigenvalue weighted by Gasteiger charge is 2.19. The third kappa shape index (κ3) is 4.49. The lowest BCUT2D eigenvalue weighted by Gasteiger charge is -2.24. The molecule has 0 amide bonds. The lowest BCUT2D eigenvalue weighted by molar-refractivity contribution is 0.0463. The van der Waals surface area contributed by atoms with Crippen molar-refractivity contribution in [3.63, 3.8) is 0 Å². The molecule has 1 aliphatic heterocycles. The van der Waals surface area contributed by atoms with Crippen molar-refractivity contribution in [3.8, 4) is 5.75 Å². The molecule has 0 spiro atoms. The van der Waals surface area contributed by atoms with Crippen molar-refractivity contribution < 1.29 is 14.3 Å². The van der Waals surface area contributed by atoms with Gasteiger partial charge in [0.1, 0.15) is 24.0 Å². The number of rotatable bonds is 5. The topological polar surface area (TPSA) is 47.6 Å². The molecule has 3 rings (SSSR count). The molecule has 4 nitrogen and oxygen atoms in total. The Bertz CT molecular complexity index is 699. The van der Waals surface area contributed by atoms with Gasteiger partial charge in [-0.15, -0.1) is 0 Å². The summed E-state index contributed by atoms with van der Waals surface area (Å²) in [5, 5.41) is 3.92. The van der Waals surface area contributed by atoms with Gasteiger partial charge in [-0.3, -0.25) is 0 Å². The molecule has 0 unspecified atom stereocenters. The largest absolute Gasteiger partial charge is 0.489 e. The van der Waals surface area contributed by atoms with Crippen LogP contribution in [0.3, 0.4) is 0 Å². The van der Waals surface area contributed by atoms with Crippen LogP contribution in [0.5, 0.6) is 5.75 Å². The Kier molecular flexibility index (Phi) is 5.72. The standard InChI is InChI=1S/C19H20ClNO3/c20-15-5-3-4-14(12-15)13-23-19(22)17-6-1-2-7-18(17)24-16-8-10-21-11-9-16/h1-7,12,16,21H,8-11,13H2. The van der Waals surface area contributed by atoms with E-state index in [9.17, 15) is 4.79 Å². The number of hydrogen-bond acceptors (Lipinski definition) is 4. The van der Waals surface area contributed by atoms with E-state index in [4.69, 9.17) is 21.1 Å². The van der Waals surface area contributed by atoms with E-state index in [1.165, 1.54) is 0 Å². The number of benzene rings is 2. The summed E-state index contributed by atoms with van der Waals surface area (Å²) < 4.78 is 11.4. The summed E-state index contributed by atoms with van der Waals surface area (Å²) in [5.41, 5.74) is 1.31. The summed E-state index contributed by atoms with van der Waals surface area (Å²) >= 11 is 5.95. The molecule has 0 aliphatic carbocycles. The number of halogens is 1. The number of ether oxygens (including phenoxy) is 2. The van der Waals surface area contributed by atoms with Gasteiger partial charge in [-0.05, 0) is 55.8 Å². The lowest BCUT2D eigenvalue weighted by atomic mass is 10.1. The second-order valence-corrected chi connectivity index (χ2v) is 6.21. The molecule has 5 heteroatoms. The molecule has 1 fully saturated rings. The van der Waals surface area contributed by atoms with Gasteiger partial charge >= 0.3 is 5.97 Å². The number of carbonyl (C=O) groups is 1. The third-order valence-corrected chi connectivity index (χ3v) is 4.18. The van der Waals surface area contributed by atoms with Crippen molar-refractivity contribution in [1.82, 2.24) is 5.32 Å². The number of carbonyl (C=O) groups excluding carboxylic acids is 1. The summed E-state index contributed by atoms with van der Waals surface area (Å²) in [4.78, 5) is 12.4. The Morgan fingerprint density at radius 2 is 1.92 bits per heavy atom. The molecule has 1 N–H and O–H groups in total. The Morgan fingerprint density at radius 1 is 1.12 bits per heavy atom. The minimum Gasteiger partial charge on any atom is -0.489 e. The van der Waals surface area contributed by atoms with Crippen LogP contribution in [-0.2, 0) is 11.3 Å². The number of nitrogens with one attached hydrogen (secondary N) is 1. The molecular weight excluding hydrogens is 326 g/mol. The average molecular weight is 346 g/mol. The maximum atomic E-state index is 12.4. The monoisotopic (exact) mass is 345 g/mol. The van der Waals surface area contributed by atoms with Crippen molar-refractivity contribution in [2.45, 2.75) is 25.6 Å². The summed E-state index contributed by atoms with van der Waals surface area (Å²) in [6.07, 6.45) is 2.01. The van der Waals surface area contributed by atoms with E-state index >= 15 is 0 Å². The quantitative estimate of drug-likeness (QED) is 0.837. The molecule has 0 atom stereocenters. The van der Waals surface area contributed by atoms with Gasteiger partial charge in [-0.1, -0.05) is 35.9 Å². The first-order chi connectivity index (χ1) is 11.7. The second kappa shape index (κ2) is 8.18. The maximum Gasteiger partial charge on any atom is 0.342 e. The van der Waals surface area contributed by atoms with Gasteiger partial charge < -0.3 is 14.8 Å². The van der Waals surface area contributed by atoms with Gasteiger partial charge in [0.2, 0.25) is 0 Å². The zero-order chi connectivity index (χ0) is 16.8. The van der Waals surface area contributed by atoms with Crippen molar-refractivity contribution >= 4 is 17.6 Å². The van der Waals surface area contributed by atoms with Gasteiger partial charge in [0.25, 0.3) is 0 Å². The molecule has 1 saturated heterocycles. The van der Waals surface area contributed by atoms with Crippen LogP contribution in [0.25, 0.3) is 0 Å². The van der Waals surface area contributed by atoms with Gasteiger partial charge in [-0.25, -0.2) is 4.79 Å². The first kappa shape index (κ1) is 16.8. The molecule has 0 aromatic heterocycles. The molecule has 1 aliphatic rings. The number of para-hydroxylation sites is 1. The molecule has 24 heavy (non-hydrogen) atoms. The molecule has 0 bridgehead atoms. The van der Waals surface area contributed by atoms with Crippen LogP contribution in [0.1, 0.15) is 28.8 Å². The SMILES string of the molecule is O=C(OCc1cccc(Cl)c1)c1ccccc1OC1CCNCC1. The normalized spacial score (nSPS) is 15.0. The fourth-order valence-corrected chi connectivity index (χ4v) is 2.90. The van der Waals surface area contributed by atoms with Crippen LogP contribution in [0.4, 0.5) is 0 Å². The Hall–Kier alpha value is -2.04. The predicted octanol–water partition coefficient (Wildman–Crippen LogP) is 3.83. The maximum absolute atomic E-state index is 12.4. The molecule has 126 valence electrons. The van der Waals surface area contributed by atoms with Crippen LogP contribution in [-0.4, -0.2) is 25.2 Å². The van der Waals surface area contributed by atoms with Gasteiger partial charge in [0, 0.05) is 5.02 Å². The van der Waals surface area contributed by atoms with Gasteiger partial charge in [-0.2, -0.15) is 0 Å². The van der Waals surface area contributed by atoms with Crippen molar-refractivity contribution in [2.24, 2.45) is 0 Å². The molecule has 2 aromatic carbocycles. The highest BCUT2D eigenvalue weighted by molar-refractivity contribution is 6.30. The van der Waals surface area contributed by atoms with Gasteiger partial charge in [0.05, 0.1) is 0 Å². The van der Waals surface area contributed by atoms with E-state index in [0.717, 1.165) is 31.5 Å². The molecular formula is C19H20ClNO3. The number of esters is 1. The van der Waals surface area contributed by atoms with E-state index in [2.05, 4.69) is 5.32 Å². The third-order valence-electron chi connectivity index (χ3n) is 3.95. The fourth-order valence-electron chi connectivity index (χ4n) is 2.68. The first-order valence-corrected chi connectivity index (χ1v) is 8.48. The number of piperidine rings is 1. The molecule has 0 radical (unpaired) electrons. The minimum absolute atomic E-state index is 0.133. The van der Waals surface area contributed by atoms with E-state index in [1.807, 2.05) is 30.3 Å². The van der Waals surface area contributed by atoms with E-state index in [0.29, 0.717) is 16.3 Å². The predicted molar refractivity (Wildman–Crippen MR) is 93.5 cm³/mol. The van der Waals surface area contributed by atoms with Crippen LogP contribution in [0.2, 0.25) is 5.02 Å².